The molecule has 1 rings (SSSR count). The lowest BCUT2D eigenvalue weighted by atomic mass is 9.84. The average Bonchev–Trinajstić information content (AvgIpc) is 2.44. The maximum absolute atomic E-state index is 12.1. The first-order valence-electron chi connectivity index (χ1n) is 6.28. The minimum Gasteiger partial charge on any atom is -0.351 e. The van der Waals surface area contributed by atoms with Gasteiger partial charge in [0.1, 0.15) is 0 Å². The monoisotopic (exact) mass is 321 g/mol. The molecule has 0 bridgehead atoms. The van der Waals surface area contributed by atoms with Crippen LogP contribution >= 0.6 is 34.8 Å². The van der Waals surface area contributed by atoms with E-state index in [1.165, 1.54) is 0 Å². The van der Waals surface area contributed by atoms with Crippen molar-refractivity contribution < 1.29 is 4.79 Å². The molecule has 5 heteroatoms. The Kier molecular flexibility index (Phi) is 6.45. The molecule has 0 saturated heterocycles. The number of hydrogen-bond acceptors (Lipinski definition) is 1. The van der Waals surface area contributed by atoms with Crippen LogP contribution in [0.25, 0.3) is 0 Å². The van der Waals surface area contributed by atoms with Crippen molar-refractivity contribution in [3.05, 3.63) is 33.8 Å². The van der Waals surface area contributed by atoms with Crippen molar-refractivity contribution in [1.29, 1.82) is 0 Å². The first-order valence-corrected chi connectivity index (χ1v) is 7.57. The fourth-order valence-electron chi connectivity index (χ4n) is 1.78. The Labute approximate surface area is 129 Å². The van der Waals surface area contributed by atoms with E-state index < -0.39 is 0 Å². The zero-order chi connectivity index (χ0) is 14.5. The highest BCUT2D eigenvalue weighted by Gasteiger charge is 2.26. The van der Waals surface area contributed by atoms with Crippen molar-refractivity contribution in [2.24, 2.45) is 5.41 Å². The zero-order valence-electron chi connectivity index (χ0n) is 11.1. The van der Waals surface area contributed by atoms with Crippen molar-refractivity contribution in [2.75, 3.05) is 12.4 Å². The van der Waals surface area contributed by atoms with Gasteiger partial charge in [-0.1, -0.05) is 43.1 Å². The van der Waals surface area contributed by atoms with E-state index in [-0.39, 0.29) is 16.3 Å². The molecule has 1 amide bonds. The summed E-state index contributed by atoms with van der Waals surface area (Å²) < 4.78 is 0. The molecule has 0 aliphatic carbocycles. The van der Waals surface area contributed by atoms with Gasteiger partial charge in [0.05, 0.1) is 15.6 Å². The second-order valence-electron chi connectivity index (χ2n) is 4.62. The normalized spacial score (nSPS) is 11.4. The van der Waals surface area contributed by atoms with Crippen molar-refractivity contribution in [3.8, 4) is 0 Å². The third kappa shape index (κ3) is 4.01. The smallest absolute Gasteiger partial charge is 0.252 e. The molecule has 0 saturated carbocycles. The lowest BCUT2D eigenvalue weighted by Gasteiger charge is -2.29. The molecule has 1 aromatic carbocycles. The minimum absolute atomic E-state index is 0.0672. The molecule has 0 aromatic heterocycles. The second-order valence-corrected chi connectivity index (χ2v) is 5.68. The van der Waals surface area contributed by atoms with E-state index in [1.807, 2.05) is 0 Å². The van der Waals surface area contributed by atoms with E-state index in [1.54, 1.807) is 18.2 Å². The van der Waals surface area contributed by atoms with E-state index in [9.17, 15) is 4.79 Å². The first-order chi connectivity index (χ1) is 8.99. The average molecular weight is 323 g/mol. The highest BCUT2D eigenvalue weighted by atomic mass is 35.5. The molecule has 0 atom stereocenters. The number of nitrogens with one attached hydrogen (secondary N) is 1. The number of hydrogen-bond donors (Lipinski definition) is 1. The highest BCUT2D eigenvalue weighted by Crippen LogP contribution is 2.28. The van der Waals surface area contributed by atoms with Crippen LogP contribution in [-0.2, 0) is 0 Å². The molecule has 0 aliphatic rings. The molecule has 106 valence electrons. The fourth-order valence-corrected chi connectivity index (χ4v) is 2.64. The van der Waals surface area contributed by atoms with Gasteiger partial charge in [-0.25, -0.2) is 0 Å². The van der Waals surface area contributed by atoms with Crippen molar-refractivity contribution in [1.82, 2.24) is 5.32 Å². The molecule has 0 aliphatic heterocycles. The van der Waals surface area contributed by atoms with Gasteiger partial charge < -0.3 is 5.32 Å². The summed E-state index contributed by atoms with van der Waals surface area (Å²) in [7, 11) is 0. The SMILES string of the molecule is CCC(CC)(CCl)CNC(=O)c1cccc(Cl)c1Cl. The predicted octanol–water partition coefficient (Wildman–Crippen LogP) is 4.77. The summed E-state index contributed by atoms with van der Waals surface area (Å²) in [5.41, 5.74) is 0.326. The van der Waals surface area contributed by atoms with Crippen LogP contribution in [-0.4, -0.2) is 18.3 Å². The molecule has 1 aromatic rings. The molecule has 1 N–H and O–H groups in total. The quantitative estimate of drug-likeness (QED) is 0.751. The summed E-state index contributed by atoms with van der Waals surface area (Å²) in [5.74, 6) is 0.299. The summed E-state index contributed by atoms with van der Waals surface area (Å²) in [6, 6.07) is 5.02. The molecule has 0 spiro atoms. The van der Waals surface area contributed by atoms with Crippen molar-refractivity contribution >= 4 is 40.7 Å². The summed E-state index contributed by atoms with van der Waals surface area (Å²) in [5, 5.41) is 3.56. The van der Waals surface area contributed by atoms with Gasteiger partial charge in [-0.15, -0.1) is 11.6 Å². The van der Waals surface area contributed by atoms with Crippen LogP contribution in [0, 0.1) is 5.41 Å². The van der Waals surface area contributed by atoms with Crippen LogP contribution in [0.4, 0.5) is 0 Å². The number of alkyl halides is 1. The maximum atomic E-state index is 12.1. The number of carbonyl (C=O) groups is 1. The zero-order valence-corrected chi connectivity index (χ0v) is 13.4. The van der Waals surface area contributed by atoms with Crippen molar-refractivity contribution in [3.63, 3.8) is 0 Å². The summed E-state index contributed by atoms with van der Waals surface area (Å²) >= 11 is 17.9. The largest absolute Gasteiger partial charge is 0.351 e. The lowest BCUT2D eigenvalue weighted by Crippen LogP contribution is -2.38. The second kappa shape index (κ2) is 7.37. The number of carbonyl (C=O) groups excluding carboxylic acids is 1. The van der Waals surface area contributed by atoms with Crippen LogP contribution < -0.4 is 5.32 Å². The Morgan fingerprint density at radius 2 is 1.89 bits per heavy atom. The molecule has 0 fully saturated rings. The first kappa shape index (κ1) is 16.6. The van der Waals surface area contributed by atoms with Crippen LogP contribution in [0.5, 0.6) is 0 Å². The number of benzene rings is 1. The fraction of sp³-hybridized carbons (Fsp3) is 0.500. The van der Waals surface area contributed by atoms with Gasteiger partial charge in [-0.2, -0.15) is 0 Å². The number of halogens is 3. The Balaban J connectivity index is 2.78. The van der Waals surface area contributed by atoms with E-state index >= 15 is 0 Å². The molecular formula is C14H18Cl3NO. The van der Waals surface area contributed by atoms with Gasteiger partial charge in [0, 0.05) is 17.8 Å². The number of rotatable bonds is 6. The Hall–Kier alpha value is -0.440. The minimum atomic E-state index is -0.219. The standard InChI is InChI=1S/C14H18Cl3NO/c1-3-14(4-2,8-15)9-18-13(19)10-6-5-7-11(16)12(10)17/h5-7H,3-4,8-9H2,1-2H3,(H,18,19). The lowest BCUT2D eigenvalue weighted by molar-refractivity contribution is 0.0932. The Morgan fingerprint density at radius 1 is 1.26 bits per heavy atom. The predicted molar refractivity (Wildman–Crippen MR) is 82.5 cm³/mol. The van der Waals surface area contributed by atoms with Crippen LogP contribution in [0.1, 0.15) is 37.0 Å². The van der Waals surface area contributed by atoms with Gasteiger partial charge in [0.15, 0.2) is 0 Å². The molecule has 19 heavy (non-hydrogen) atoms. The van der Waals surface area contributed by atoms with Crippen LogP contribution in [0.15, 0.2) is 18.2 Å². The van der Waals surface area contributed by atoms with Gasteiger partial charge in [-0.05, 0) is 25.0 Å². The molecular weight excluding hydrogens is 305 g/mol. The molecule has 2 nitrogen and oxygen atoms in total. The van der Waals surface area contributed by atoms with Gasteiger partial charge in [0.2, 0.25) is 0 Å². The Bertz CT molecular complexity index is 436. The molecule has 0 radical (unpaired) electrons. The van der Waals surface area contributed by atoms with E-state index in [2.05, 4.69) is 19.2 Å². The van der Waals surface area contributed by atoms with Crippen LogP contribution in [0.3, 0.4) is 0 Å². The van der Waals surface area contributed by atoms with E-state index in [4.69, 9.17) is 34.8 Å². The van der Waals surface area contributed by atoms with Gasteiger partial charge in [-0.3, -0.25) is 4.79 Å². The Morgan fingerprint density at radius 3 is 2.42 bits per heavy atom. The number of amides is 1. The summed E-state index contributed by atoms with van der Waals surface area (Å²) in [6.07, 6.45) is 1.83. The maximum Gasteiger partial charge on any atom is 0.252 e. The van der Waals surface area contributed by atoms with Gasteiger partial charge >= 0.3 is 0 Å². The topological polar surface area (TPSA) is 29.1 Å². The van der Waals surface area contributed by atoms with Crippen molar-refractivity contribution in [2.45, 2.75) is 26.7 Å². The van der Waals surface area contributed by atoms with Crippen LogP contribution in [0.2, 0.25) is 10.0 Å². The van der Waals surface area contributed by atoms with Gasteiger partial charge in [0.25, 0.3) is 5.91 Å². The third-order valence-electron chi connectivity index (χ3n) is 3.60. The van der Waals surface area contributed by atoms with E-state index in [0.717, 1.165) is 12.8 Å². The van der Waals surface area contributed by atoms with E-state index in [0.29, 0.717) is 23.0 Å². The summed E-state index contributed by atoms with van der Waals surface area (Å²) in [4.78, 5) is 12.1. The molecule has 0 heterocycles. The molecule has 0 unspecified atom stereocenters. The third-order valence-corrected chi connectivity index (χ3v) is 4.99. The summed E-state index contributed by atoms with van der Waals surface area (Å²) in [6.45, 7) is 4.68. The highest BCUT2D eigenvalue weighted by molar-refractivity contribution is 6.43.